The van der Waals surface area contributed by atoms with E-state index in [0.29, 0.717) is 5.92 Å². The Morgan fingerprint density at radius 3 is 2.56 bits per heavy atom. The van der Waals surface area contributed by atoms with E-state index in [-0.39, 0.29) is 5.54 Å². The summed E-state index contributed by atoms with van der Waals surface area (Å²) in [5, 5.41) is 0. The van der Waals surface area contributed by atoms with Gasteiger partial charge in [-0.1, -0.05) is 49.9 Å². The first kappa shape index (κ1) is 12.2. The highest BCUT2D eigenvalue weighted by molar-refractivity contribution is 5.35. The molecule has 0 heterocycles. The number of hydrogen-bond donors (Lipinski definition) is 1. The first-order valence-corrected chi connectivity index (χ1v) is 7.68. The van der Waals surface area contributed by atoms with Gasteiger partial charge < -0.3 is 5.73 Å². The van der Waals surface area contributed by atoms with E-state index in [9.17, 15) is 0 Å². The summed E-state index contributed by atoms with van der Waals surface area (Å²) in [5.41, 5.74) is 9.89. The molecule has 0 saturated heterocycles. The molecule has 1 fully saturated rings. The lowest BCUT2D eigenvalue weighted by Crippen LogP contribution is -2.45. The van der Waals surface area contributed by atoms with E-state index in [1.165, 1.54) is 68.9 Å². The molecular weight excluding hydrogens is 218 g/mol. The van der Waals surface area contributed by atoms with Crippen LogP contribution in [0.3, 0.4) is 0 Å². The third kappa shape index (κ3) is 2.09. The van der Waals surface area contributed by atoms with Crippen LogP contribution in [0.25, 0.3) is 0 Å². The molecule has 1 unspecified atom stereocenters. The van der Waals surface area contributed by atoms with Gasteiger partial charge in [0.15, 0.2) is 0 Å². The standard InChI is InChI=1S/C17H25N/c18-17(15-10-2-1-3-11-15)13-7-6-9-14-8-4-5-12-16(14)17/h4-5,8,12,15H,1-3,6-7,9-11,13,18H2. The van der Waals surface area contributed by atoms with Crippen LogP contribution in [0.5, 0.6) is 0 Å². The predicted octanol–water partition coefficient (Wildman–Crippen LogP) is 4.15. The second-order valence-electron chi connectivity index (χ2n) is 6.24. The molecule has 1 aromatic rings. The molecule has 2 aliphatic rings. The second kappa shape index (κ2) is 5.05. The average molecular weight is 243 g/mol. The van der Waals surface area contributed by atoms with Gasteiger partial charge in [0.05, 0.1) is 0 Å². The Morgan fingerprint density at radius 2 is 1.72 bits per heavy atom. The van der Waals surface area contributed by atoms with Crippen molar-refractivity contribution in [3.8, 4) is 0 Å². The molecule has 1 saturated carbocycles. The van der Waals surface area contributed by atoms with Crippen LogP contribution in [0.2, 0.25) is 0 Å². The number of rotatable bonds is 1. The lowest BCUT2D eigenvalue weighted by Gasteiger charge is -2.40. The molecule has 1 aromatic carbocycles. The highest BCUT2D eigenvalue weighted by Crippen LogP contribution is 2.43. The van der Waals surface area contributed by atoms with E-state index in [1.54, 1.807) is 0 Å². The third-order valence-electron chi connectivity index (χ3n) is 5.14. The van der Waals surface area contributed by atoms with Crippen LogP contribution in [0.1, 0.15) is 62.5 Å². The highest BCUT2D eigenvalue weighted by Gasteiger charge is 2.38. The summed E-state index contributed by atoms with van der Waals surface area (Å²) in [5.74, 6) is 0.713. The average Bonchev–Trinajstić information content (AvgIpc) is 2.61. The zero-order valence-corrected chi connectivity index (χ0v) is 11.3. The van der Waals surface area contributed by atoms with Crippen molar-refractivity contribution in [1.82, 2.24) is 0 Å². The summed E-state index contributed by atoms with van der Waals surface area (Å²) in [6.45, 7) is 0. The first-order chi connectivity index (χ1) is 8.81. The predicted molar refractivity (Wildman–Crippen MR) is 76.4 cm³/mol. The number of hydrogen-bond acceptors (Lipinski definition) is 1. The van der Waals surface area contributed by atoms with Crippen molar-refractivity contribution in [2.45, 2.75) is 63.3 Å². The molecular formula is C17H25N. The van der Waals surface area contributed by atoms with Gasteiger partial charge in [-0.2, -0.15) is 0 Å². The van der Waals surface area contributed by atoms with Gasteiger partial charge in [-0.25, -0.2) is 0 Å². The number of nitrogens with two attached hydrogens (primary N) is 1. The van der Waals surface area contributed by atoms with Crippen molar-refractivity contribution in [2.24, 2.45) is 11.7 Å². The molecule has 0 radical (unpaired) electrons. The van der Waals surface area contributed by atoms with E-state index in [0.717, 1.165) is 0 Å². The van der Waals surface area contributed by atoms with Crippen molar-refractivity contribution in [1.29, 1.82) is 0 Å². The van der Waals surface area contributed by atoms with Gasteiger partial charge >= 0.3 is 0 Å². The number of aryl methyl sites for hydroxylation is 1. The van der Waals surface area contributed by atoms with Crippen molar-refractivity contribution in [2.75, 3.05) is 0 Å². The van der Waals surface area contributed by atoms with Gasteiger partial charge in [-0.15, -0.1) is 0 Å². The zero-order chi connectivity index (χ0) is 12.4. The SMILES string of the molecule is NC1(C2CCCCC2)CCCCc2ccccc21. The van der Waals surface area contributed by atoms with Gasteiger partial charge in [0, 0.05) is 5.54 Å². The molecule has 1 heteroatoms. The highest BCUT2D eigenvalue weighted by atomic mass is 14.8. The molecule has 3 rings (SSSR count). The summed E-state index contributed by atoms with van der Waals surface area (Å²) < 4.78 is 0. The zero-order valence-electron chi connectivity index (χ0n) is 11.3. The van der Waals surface area contributed by atoms with E-state index in [2.05, 4.69) is 24.3 Å². The van der Waals surface area contributed by atoms with Gasteiger partial charge in [0.25, 0.3) is 0 Å². The Bertz CT molecular complexity index is 406. The van der Waals surface area contributed by atoms with Crippen LogP contribution in [0.4, 0.5) is 0 Å². The van der Waals surface area contributed by atoms with Gasteiger partial charge in [-0.3, -0.25) is 0 Å². The Balaban J connectivity index is 1.98. The minimum Gasteiger partial charge on any atom is -0.321 e. The maximum absolute atomic E-state index is 6.95. The number of benzene rings is 1. The molecule has 0 bridgehead atoms. The lowest BCUT2D eigenvalue weighted by atomic mass is 9.69. The maximum Gasteiger partial charge on any atom is 0.0440 e. The van der Waals surface area contributed by atoms with Crippen LogP contribution in [0, 0.1) is 5.92 Å². The van der Waals surface area contributed by atoms with E-state index < -0.39 is 0 Å². The Kier molecular flexibility index (Phi) is 3.43. The van der Waals surface area contributed by atoms with Gasteiger partial charge in [0.2, 0.25) is 0 Å². The fraction of sp³-hybridized carbons (Fsp3) is 0.647. The third-order valence-corrected chi connectivity index (χ3v) is 5.14. The molecule has 0 amide bonds. The normalized spacial score (nSPS) is 29.6. The topological polar surface area (TPSA) is 26.0 Å². The van der Waals surface area contributed by atoms with Crippen molar-refractivity contribution >= 4 is 0 Å². The molecule has 0 aromatic heterocycles. The largest absolute Gasteiger partial charge is 0.321 e. The van der Waals surface area contributed by atoms with E-state index >= 15 is 0 Å². The van der Waals surface area contributed by atoms with Crippen LogP contribution in [-0.4, -0.2) is 0 Å². The summed E-state index contributed by atoms with van der Waals surface area (Å²) in [6, 6.07) is 8.94. The summed E-state index contributed by atoms with van der Waals surface area (Å²) >= 11 is 0. The van der Waals surface area contributed by atoms with Crippen LogP contribution >= 0.6 is 0 Å². The molecule has 0 aliphatic heterocycles. The number of fused-ring (bicyclic) bond motifs is 1. The Labute approximate surface area is 111 Å². The van der Waals surface area contributed by atoms with Crippen LogP contribution in [0.15, 0.2) is 24.3 Å². The monoisotopic (exact) mass is 243 g/mol. The Morgan fingerprint density at radius 1 is 0.944 bits per heavy atom. The van der Waals surface area contributed by atoms with Gasteiger partial charge in [0.1, 0.15) is 0 Å². The summed E-state index contributed by atoms with van der Waals surface area (Å²) in [7, 11) is 0. The summed E-state index contributed by atoms with van der Waals surface area (Å²) in [6.07, 6.45) is 11.9. The van der Waals surface area contributed by atoms with Crippen molar-refractivity contribution in [3.63, 3.8) is 0 Å². The van der Waals surface area contributed by atoms with Crippen LogP contribution < -0.4 is 5.73 Å². The quantitative estimate of drug-likeness (QED) is 0.737. The van der Waals surface area contributed by atoms with Crippen molar-refractivity contribution in [3.05, 3.63) is 35.4 Å². The molecule has 1 nitrogen and oxygen atoms in total. The Hall–Kier alpha value is -0.820. The molecule has 18 heavy (non-hydrogen) atoms. The van der Waals surface area contributed by atoms with E-state index in [4.69, 9.17) is 5.73 Å². The minimum atomic E-state index is -0.0342. The molecule has 0 spiro atoms. The molecule has 1 atom stereocenters. The fourth-order valence-electron chi connectivity index (χ4n) is 4.10. The first-order valence-electron chi connectivity index (χ1n) is 7.68. The van der Waals surface area contributed by atoms with Gasteiger partial charge in [-0.05, 0) is 49.1 Å². The van der Waals surface area contributed by atoms with Crippen molar-refractivity contribution < 1.29 is 0 Å². The summed E-state index contributed by atoms with van der Waals surface area (Å²) in [4.78, 5) is 0. The molecule has 98 valence electrons. The molecule has 2 N–H and O–H groups in total. The van der Waals surface area contributed by atoms with E-state index in [1.807, 2.05) is 0 Å². The maximum atomic E-state index is 6.95. The molecule has 2 aliphatic carbocycles. The van der Waals surface area contributed by atoms with Crippen LogP contribution in [-0.2, 0) is 12.0 Å². The fourth-order valence-corrected chi connectivity index (χ4v) is 4.10. The second-order valence-corrected chi connectivity index (χ2v) is 6.24. The minimum absolute atomic E-state index is 0.0342. The smallest absolute Gasteiger partial charge is 0.0440 e. The lowest BCUT2D eigenvalue weighted by molar-refractivity contribution is 0.192.